The first-order valence-electron chi connectivity index (χ1n) is 6.77. The van der Waals surface area contributed by atoms with Gasteiger partial charge in [0.15, 0.2) is 0 Å². The number of anilines is 1. The maximum absolute atomic E-state index is 11.9. The lowest BCUT2D eigenvalue weighted by Gasteiger charge is -2.07. The summed E-state index contributed by atoms with van der Waals surface area (Å²) in [6.45, 7) is 0.242. The zero-order valence-corrected chi connectivity index (χ0v) is 11.9. The smallest absolute Gasteiger partial charge is 0.335 e. The second kappa shape index (κ2) is 5.80. The van der Waals surface area contributed by atoms with Crippen LogP contribution in [0.25, 0.3) is 10.9 Å². The second-order valence-electron chi connectivity index (χ2n) is 4.92. The van der Waals surface area contributed by atoms with Crippen molar-refractivity contribution in [2.45, 2.75) is 6.61 Å². The van der Waals surface area contributed by atoms with Crippen LogP contribution in [0, 0.1) is 0 Å². The van der Waals surface area contributed by atoms with Crippen LogP contribution in [0.5, 0.6) is 5.75 Å². The van der Waals surface area contributed by atoms with E-state index in [0.717, 1.165) is 5.56 Å². The van der Waals surface area contributed by atoms with Gasteiger partial charge in [-0.3, -0.25) is 9.78 Å². The van der Waals surface area contributed by atoms with Crippen molar-refractivity contribution in [1.82, 2.24) is 9.97 Å². The molecule has 3 rings (SSSR count). The third-order valence-electron chi connectivity index (χ3n) is 3.29. The highest BCUT2D eigenvalue weighted by molar-refractivity contribution is 5.87. The van der Waals surface area contributed by atoms with E-state index < -0.39 is 5.97 Å². The number of nitrogens with zero attached hydrogens (tertiary/aromatic N) is 1. The van der Waals surface area contributed by atoms with Crippen molar-refractivity contribution in [1.29, 1.82) is 0 Å². The van der Waals surface area contributed by atoms with Crippen molar-refractivity contribution >= 4 is 22.8 Å². The fraction of sp³-hybridized carbons (Fsp3) is 0.0625. The van der Waals surface area contributed by atoms with Gasteiger partial charge in [0.1, 0.15) is 12.4 Å². The normalized spacial score (nSPS) is 10.6. The Morgan fingerprint density at radius 3 is 2.65 bits per heavy atom. The largest absolute Gasteiger partial charge is 0.489 e. The molecule has 1 aromatic heterocycles. The first-order chi connectivity index (χ1) is 11.0. The van der Waals surface area contributed by atoms with Crippen LogP contribution in [0.1, 0.15) is 15.9 Å². The van der Waals surface area contributed by atoms with Crippen LogP contribution in [0.2, 0.25) is 0 Å². The molecule has 4 N–H and O–H groups in total. The third kappa shape index (κ3) is 3.13. The van der Waals surface area contributed by atoms with Crippen molar-refractivity contribution in [3.63, 3.8) is 0 Å². The van der Waals surface area contributed by atoms with Gasteiger partial charge in [0, 0.05) is 0 Å². The summed E-state index contributed by atoms with van der Waals surface area (Å²) in [5.74, 6) is -0.374. The predicted octanol–water partition coefficient (Wildman–Crippen LogP) is 1.78. The first kappa shape index (κ1) is 14.6. The number of aromatic nitrogens is 2. The molecule has 2 aromatic carbocycles. The topological polar surface area (TPSA) is 118 Å². The van der Waals surface area contributed by atoms with E-state index in [-0.39, 0.29) is 23.7 Å². The molecular weight excluding hydrogens is 298 g/mol. The standard InChI is InChI=1S/C16H13N3O4/c17-16-18-13-6-1-9(7-12(13)14(20)19-16)8-23-11-4-2-10(3-5-11)15(21)22/h1-7H,8H2,(H,21,22)(H3,17,18,19,20). The highest BCUT2D eigenvalue weighted by Gasteiger charge is 2.05. The summed E-state index contributed by atoms with van der Waals surface area (Å²) in [6.07, 6.45) is 0. The molecule has 0 aliphatic heterocycles. The third-order valence-corrected chi connectivity index (χ3v) is 3.29. The van der Waals surface area contributed by atoms with Crippen molar-refractivity contribution in [3.8, 4) is 5.75 Å². The molecule has 0 aliphatic rings. The number of benzene rings is 2. The van der Waals surface area contributed by atoms with E-state index in [2.05, 4.69) is 9.97 Å². The van der Waals surface area contributed by atoms with Gasteiger partial charge in [-0.15, -0.1) is 0 Å². The van der Waals surface area contributed by atoms with Crippen molar-refractivity contribution in [2.24, 2.45) is 0 Å². The lowest BCUT2D eigenvalue weighted by Crippen LogP contribution is -2.11. The minimum absolute atomic E-state index is 0.0741. The summed E-state index contributed by atoms with van der Waals surface area (Å²) in [4.78, 5) is 29.1. The van der Waals surface area contributed by atoms with Gasteiger partial charge in [-0.2, -0.15) is 0 Å². The Kier molecular flexibility index (Phi) is 3.68. The van der Waals surface area contributed by atoms with E-state index in [9.17, 15) is 9.59 Å². The van der Waals surface area contributed by atoms with E-state index in [1.54, 1.807) is 30.3 Å². The van der Waals surface area contributed by atoms with Crippen LogP contribution < -0.4 is 16.0 Å². The van der Waals surface area contributed by atoms with Gasteiger partial charge in [-0.05, 0) is 42.0 Å². The molecule has 0 radical (unpaired) electrons. The lowest BCUT2D eigenvalue weighted by atomic mass is 10.1. The number of hydrogen-bond acceptors (Lipinski definition) is 5. The number of nitrogen functional groups attached to an aromatic ring is 1. The average molecular weight is 311 g/mol. The number of aromatic amines is 1. The molecule has 0 atom stereocenters. The number of rotatable bonds is 4. The summed E-state index contributed by atoms with van der Waals surface area (Å²) < 4.78 is 5.59. The van der Waals surface area contributed by atoms with Crippen LogP contribution in [0.4, 0.5) is 5.95 Å². The van der Waals surface area contributed by atoms with Gasteiger partial charge < -0.3 is 15.6 Å². The molecule has 0 amide bonds. The SMILES string of the molecule is Nc1nc2ccc(COc3ccc(C(=O)O)cc3)cc2c(=O)[nH]1. The lowest BCUT2D eigenvalue weighted by molar-refractivity contribution is 0.0697. The number of ether oxygens (including phenoxy) is 1. The molecule has 0 aliphatic carbocycles. The van der Waals surface area contributed by atoms with Crippen molar-refractivity contribution < 1.29 is 14.6 Å². The summed E-state index contributed by atoms with van der Waals surface area (Å²) in [6, 6.07) is 11.3. The van der Waals surface area contributed by atoms with E-state index in [1.807, 2.05) is 0 Å². The zero-order valence-electron chi connectivity index (χ0n) is 11.9. The Bertz CT molecular complexity index is 932. The Hall–Kier alpha value is -3.35. The van der Waals surface area contributed by atoms with Crippen LogP contribution in [-0.4, -0.2) is 21.0 Å². The van der Waals surface area contributed by atoms with E-state index in [0.29, 0.717) is 16.7 Å². The molecule has 7 nitrogen and oxygen atoms in total. The van der Waals surface area contributed by atoms with E-state index >= 15 is 0 Å². The van der Waals surface area contributed by atoms with Crippen LogP contribution in [0.15, 0.2) is 47.3 Å². The average Bonchev–Trinajstić information content (AvgIpc) is 2.53. The van der Waals surface area contributed by atoms with Crippen LogP contribution >= 0.6 is 0 Å². The molecule has 0 spiro atoms. The Labute approximate surface area is 130 Å². The molecule has 116 valence electrons. The van der Waals surface area contributed by atoms with Gasteiger partial charge in [-0.1, -0.05) is 6.07 Å². The number of aromatic carboxylic acids is 1. The summed E-state index contributed by atoms with van der Waals surface area (Å²) in [7, 11) is 0. The Morgan fingerprint density at radius 2 is 1.96 bits per heavy atom. The maximum Gasteiger partial charge on any atom is 0.335 e. The maximum atomic E-state index is 11.9. The Morgan fingerprint density at radius 1 is 1.22 bits per heavy atom. The number of nitrogens with one attached hydrogen (secondary N) is 1. The quantitative estimate of drug-likeness (QED) is 0.676. The molecule has 3 aromatic rings. The van der Waals surface area contributed by atoms with Gasteiger partial charge in [0.05, 0.1) is 16.5 Å². The van der Waals surface area contributed by atoms with Crippen molar-refractivity contribution in [2.75, 3.05) is 5.73 Å². The molecule has 23 heavy (non-hydrogen) atoms. The fourth-order valence-corrected chi connectivity index (χ4v) is 2.15. The van der Waals surface area contributed by atoms with Crippen molar-refractivity contribution in [3.05, 3.63) is 63.9 Å². The molecule has 0 fully saturated rings. The number of H-pyrrole nitrogens is 1. The molecule has 1 heterocycles. The first-order valence-corrected chi connectivity index (χ1v) is 6.77. The summed E-state index contributed by atoms with van der Waals surface area (Å²) in [5.41, 5.74) is 6.69. The highest BCUT2D eigenvalue weighted by Crippen LogP contribution is 2.16. The van der Waals surface area contributed by atoms with Gasteiger partial charge in [0.2, 0.25) is 5.95 Å². The molecule has 7 heteroatoms. The molecule has 0 saturated carbocycles. The summed E-state index contributed by atoms with van der Waals surface area (Å²) in [5, 5.41) is 9.27. The molecular formula is C16H13N3O4. The van der Waals surface area contributed by atoms with E-state index in [4.69, 9.17) is 15.6 Å². The van der Waals surface area contributed by atoms with Crippen LogP contribution in [0.3, 0.4) is 0 Å². The number of nitrogens with two attached hydrogens (primary N) is 1. The summed E-state index contributed by atoms with van der Waals surface area (Å²) >= 11 is 0. The van der Waals surface area contributed by atoms with E-state index in [1.165, 1.54) is 12.1 Å². The minimum Gasteiger partial charge on any atom is -0.489 e. The number of fused-ring (bicyclic) bond motifs is 1. The molecule has 0 bridgehead atoms. The number of hydrogen-bond donors (Lipinski definition) is 3. The zero-order chi connectivity index (χ0) is 16.4. The second-order valence-corrected chi connectivity index (χ2v) is 4.92. The minimum atomic E-state index is -0.989. The van der Waals surface area contributed by atoms with Gasteiger partial charge in [0.25, 0.3) is 5.56 Å². The number of carbonyl (C=O) groups is 1. The fourth-order valence-electron chi connectivity index (χ4n) is 2.15. The number of carboxylic acids is 1. The molecule has 0 unspecified atom stereocenters. The number of carboxylic acid groups (broad SMARTS) is 1. The molecule has 0 saturated heterocycles. The van der Waals surface area contributed by atoms with Gasteiger partial charge in [-0.25, -0.2) is 9.78 Å². The van der Waals surface area contributed by atoms with Gasteiger partial charge >= 0.3 is 5.97 Å². The Balaban J connectivity index is 1.79. The van der Waals surface area contributed by atoms with Crippen LogP contribution in [-0.2, 0) is 6.61 Å². The highest BCUT2D eigenvalue weighted by atomic mass is 16.5. The monoisotopic (exact) mass is 311 g/mol. The predicted molar refractivity (Wildman–Crippen MR) is 84.5 cm³/mol.